The van der Waals surface area contributed by atoms with Gasteiger partial charge in [0.15, 0.2) is 0 Å². The Morgan fingerprint density at radius 3 is 2.53 bits per heavy atom. The van der Waals surface area contributed by atoms with Gasteiger partial charge in [-0.25, -0.2) is 4.79 Å². The van der Waals surface area contributed by atoms with Crippen molar-refractivity contribution in [1.29, 1.82) is 0 Å². The molecule has 1 aliphatic carbocycles. The summed E-state index contributed by atoms with van der Waals surface area (Å²) < 4.78 is 0. The summed E-state index contributed by atoms with van der Waals surface area (Å²) in [6.07, 6.45) is 8.84. The van der Waals surface area contributed by atoms with Gasteiger partial charge in [-0.05, 0) is 25.8 Å². The average Bonchev–Trinajstić information content (AvgIpc) is 2.66. The zero-order chi connectivity index (χ0) is 13.8. The fraction of sp³-hybridized carbons (Fsp3) is 0.600. The van der Waals surface area contributed by atoms with Gasteiger partial charge in [-0.3, -0.25) is 4.98 Å². The second-order valence-electron chi connectivity index (χ2n) is 5.40. The molecule has 1 aliphatic rings. The molecule has 19 heavy (non-hydrogen) atoms. The minimum absolute atomic E-state index is 0.303. The summed E-state index contributed by atoms with van der Waals surface area (Å²) in [5.41, 5.74) is 1.96. The van der Waals surface area contributed by atoms with Gasteiger partial charge in [0.05, 0.1) is 5.69 Å². The van der Waals surface area contributed by atoms with Crippen molar-refractivity contribution in [3.8, 4) is 0 Å². The molecule has 1 aromatic heterocycles. The Labute approximate surface area is 114 Å². The highest BCUT2D eigenvalue weighted by Crippen LogP contribution is 2.28. The lowest BCUT2D eigenvalue weighted by Gasteiger charge is -2.30. The number of pyridine rings is 1. The van der Waals surface area contributed by atoms with Crippen molar-refractivity contribution >= 4 is 11.7 Å². The topological polar surface area (TPSA) is 53.4 Å². The zero-order valence-corrected chi connectivity index (χ0v) is 11.7. The lowest BCUT2D eigenvalue weighted by atomic mass is 10.1. The Kier molecular flexibility index (Phi) is 4.40. The third-order valence-corrected chi connectivity index (χ3v) is 4.00. The first-order valence-corrected chi connectivity index (χ1v) is 7.02. The van der Waals surface area contributed by atoms with Crippen LogP contribution in [0.3, 0.4) is 0 Å². The number of nitrogens with zero attached hydrogens (tertiary/aromatic N) is 2. The highest BCUT2D eigenvalue weighted by atomic mass is 16.4. The summed E-state index contributed by atoms with van der Waals surface area (Å²) in [7, 11) is 2.01. The van der Waals surface area contributed by atoms with E-state index in [0.717, 1.165) is 24.2 Å². The molecule has 0 aliphatic heterocycles. The van der Waals surface area contributed by atoms with Gasteiger partial charge in [0.1, 0.15) is 5.56 Å². The summed E-state index contributed by atoms with van der Waals surface area (Å²) in [4.78, 5) is 17.6. The number of carbonyl (C=O) groups is 1. The summed E-state index contributed by atoms with van der Waals surface area (Å²) in [6, 6.07) is 2.33. The number of aryl methyl sites for hydroxylation is 1. The van der Waals surface area contributed by atoms with Crippen LogP contribution in [0.2, 0.25) is 0 Å². The first-order valence-electron chi connectivity index (χ1n) is 7.02. The van der Waals surface area contributed by atoms with Crippen LogP contribution in [-0.4, -0.2) is 29.1 Å². The van der Waals surface area contributed by atoms with Gasteiger partial charge >= 0.3 is 5.97 Å². The van der Waals surface area contributed by atoms with Gasteiger partial charge in [-0.1, -0.05) is 25.7 Å². The molecule has 0 spiro atoms. The number of aromatic carboxylic acids is 1. The van der Waals surface area contributed by atoms with Gasteiger partial charge in [-0.15, -0.1) is 0 Å². The molecule has 1 saturated carbocycles. The monoisotopic (exact) mass is 262 g/mol. The summed E-state index contributed by atoms with van der Waals surface area (Å²) >= 11 is 0. The van der Waals surface area contributed by atoms with Crippen LogP contribution in [0.1, 0.15) is 54.6 Å². The Hall–Kier alpha value is -1.58. The Bertz CT molecular complexity index is 451. The van der Waals surface area contributed by atoms with E-state index in [9.17, 15) is 9.90 Å². The zero-order valence-electron chi connectivity index (χ0n) is 11.7. The van der Waals surface area contributed by atoms with Gasteiger partial charge in [0, 0.05) is 25.0 Å². The first kappa shape index (κ1) is 13.8. The van der Waals surface area contributed by atoms with E-state index in [1.54, 1.807) is 0 Å². The van der Waals surface area contributed by atoms with E-state index in [0.29, 0.717) is 11.6 Å². The average molecular weight is 262 g/mol. The van der Waals surface area contributed by atoms with Crippen LogP contribution < -0.4 is 4.90 Å². The van der Waals surface area contributed by atoms with Crippen LogP contribution in [0.25, 0.3) is 0 Å². The molecule has 0 aromatic carbocycles. The standard InChI is InChI=1S/C15H22N2O2/c1-11-9-14(13(10-16-11)15(18)19)17(2)12-7-5-3-4-6-8-12/h9-10,12H,3-8H2,1-2H3,(H,18,19). The van der Waals surface area contributed by atoms with E-state index < -0.39 is 5.97 Å². The molecule has 4 heteroatoms. The molecule has 2 rings (SSSR count). The molecule has 0 radical (unpaired) electrons. The van der Waals surface area contributed by atoms with E-state index in [4.69, 9.17) is 0 Å². The van der Waals surface area contributed by atoms with Gasteiger partial charge < -0.3 is 10.0 Å². The molecule has 1 N–H and O–H groups in total. The Balaban J connectivity index is 2.28. The molecule has 0 amide bonds. The van der Waals surface area contributed by atoms with Crippen molar-refractivity contribution in [2.75, 3.05) is 11.9 Å². The molecule has 0 saturated heterocycles. The van der Waals surface area contributed by atoms with E-state index in [1.165, 1.54) is 31.9 Å². The van der Waals surface area contributed by atoms with E-state index in [-0.39, 0.29) is 0 Å². The Morgan fingerprint density at radius 1 is 1.32 bits per heavy atom. The van der Waals surface area contributed by atoms with Gasteiger partial charge in [0.2, 0.25) is 0 Å². The maximum atomic E-state index is 11.3. The molecular weight excluding hydrogens is 240 g/mol. The third-order valence-electron chi connectivity index (χ3n) is 4.00. The van der Waals surface area contributed by atoms with E-state index in [2.05, 4.69) is 9.88 Å². The highest BCUT2D eigenvalue weighted by Gasteiger charge is 2.21. The lowest BCUT2D eigenvalue weighted by molar-refractivity contribution is 0.0697. The minimum atomic E-state index is -0.900. The first-order chi connectivity index (χ1) is 9.09. The molecule has 104 valence electrons. The minimum Gasteiger partial charge on any atom is -0.478 e. The fourth-order valence-electron chi connectivity index (χ4n) is 2.84. The van der Waals surface area contributed by atoms with Crippen molar-refractivity contribution in [1.82, 2.24) is 4.98 Å². The molecule has 1 aromatic rings. The van der Waals surface area contributed by atoms with Gasteiger partial charge in [-0.2, -0.15) is 0 Å². The van der Waals surface area contributed by atoms with Crippen LogP contribution in [0.5, 0.6) is 0 Å². The summed E-state index contributed by atoms with van der Waals surface area (Å²) in [5.74, 6) is -0.900. The summed E-state index contributed by atoms with van der Waals surface area (Å²) in [6.45, 7) is 1.90. The quantitative estimate of drug-likeness (QED) is 0.850. The predicted molar refractivity (Wildman–Crippen MR) is 75.8 cm³/mol. The number of rotatable bonds is 3. The maximum Gasteiger partial charge on any atom is 0.339 e. The molecule has 0 unspecified atom stereocenters. The molecule has 0 bridgehead atoms. The normalized spacial score (nSPS) is 16.9. The number of aromatic nitrogens is 1. The van der Waals surface area contributed by atoms with Crippen LogP contribution >= 0.6 is 0 Å². The second kappa shape index (κ2) is 6.04. The van der Waals surface area contributed by atoms with Crippen molar-refractivity contribution in [2.24, 2.45) is 0 Å². The maximum absolute atomic E-state index is 11.3. The van der Waals surface area contributed by atoms with Crippen LogP contribution in [-0.2, 0) is 0 Å². The molecule has 1 fully saturated rings. The largest absolute Gasteiger partial charge is 0.478 e. The molecule has 1 heterocycles. The number of hydrogen-bond acceptors (Lipinski definition) is 3. The van der Waals surface area contributed by atoms with Crippen molar-refractivity contribution in [3.63, 3.8) is 0 Å². The SMILES string of the molecule is Cc1cc(N(C)C2CCCCCC2)c(C(=O)O)cn1. The smallest absolute Gasteiger partial charge is 0.339 e. The van der Waals surface area contributed by atoms with Crippen LogP contribution in [0.15, 0.2) is 12.3 Å². The number of hydrogen-bond donors (Lipinski definition) is 1. The van der Waals surface area contributed by atoms with Crippen molar-refractivity contribution < 1.29 is 9.90 Å². The number of carboxylic acids is 1. The van der Waals surface area contributed by atoms with Crippen molar-refractivity contribution in [3.05, 3.63) is 23.5 Å². The van der Waals surface area contributed by atoms with Crippen LogP contribution in [0, 0.1) is 6.92 Å². The lowest BCUT2D eigenvalue weighted by Crippen LogP contribution is -2.32. The second-order valence-corrected chi connectivity index (χ2v) is 5.40. The van der Waals surface area contributed by atoms with E-state index >= 15 is 0 Å². The molecular formula is C15H22N2O2. The fourth-order valence-corrected chi connectivity index (χ4v) is 2.84. The molecule has 4 nitrogen and oxygen atoms in total. The van der Waals surface area contributed by atoms with Crippen molar-refractivity contribution in [2.45, 2.75) is 51.5 Å². The molecule has 0 atom stereocenters. The van der Waals surface area contributed by atoms with Gasteiger partial charge in [0.25, 0.3) is 0 Å². The number of carboxylic acid groups (broad SMARTS) is 1. The predicted octanol–water partition coefficient (Wildman–Crippen LogP) is 3.25. The van der Waals surface area contributed by atoms with Crippen LogP contribution in [0.4, 0.5) is 5.69 Å². The number of anilines is 1. The summed E-state index contributed by atoms with van der Waals surface area (Å²) in [5, 5.41) is 9.29. The van der Waals surface area contributed by atoms with E-state index in [1.807, 2.05) is 20.0 Å². The Morgan fingerprint density at radius 2 is 1.95 bits per heavy atom. The highest BCUT2D eigenvalue weighted by molar-refractivity contribution is 5.94. The third kappa shape index (κ3) is 3.25.